The Hall–Kier alpha value is -1.59. The van der Waals surface area contributed by atoms with Gasteiger partial charge in [0.05, 0.1) is 12.2 Å². The summed E-state index contributed by atoms with van der Waals surface area (Å²) in [6, 6.07) is 7.54. The van der Waals surface area contributed by atoms with E-state index < -0.39 is 0 Å². The van der Waals surface area contributed by atoms with Gasteiger partial charge < -0.3 is 9.64 Å². The van der Waals surface area contributed by atoms with Crippen molar-refractivity contribution in [2.24, 2.45) is 5.92 Å². The molecule has 2 aromatic rings. The summed E-state index contributed by atoms with van der Waals surface area (Å²) in [5, 5.41) is 3.64. The number of aromatic nitrogens is 1. The molecule has 1 fully saturated rings. The zero-order chi connectivity index (χ0) is 19.2. The molecule has 1 atom stereocenters. The number of halogens is 1. The summed E-state index contributed by atoms with van der Waals surface area (Å²) >= 11 is 7.47. The van der Waals surface area contributed by atoms with Crippen molar-refractivity contribution in [3.8, 4) is 5.75 Å². The molecule has 1 saturated carbocycles. The van der Waals surface area contributed by atoms with Crippen LogP contribution in [0.2, 0.25) is 5.02 Å². The third-order valence-electron chi connectivity index (χ3n) is 5.22. The van der Waals surface area contributed by atoms with Crippen molar-refractivity contribution in [1.29, 1.82) is 0 Å². The van der Waals surface area contributed by atoms with E-state index in [0.29, 0.717) is 24.1 Å². The molecule has 1 amide bonds. The maximum atomic E-state index is 13.0. The van der Waals surface area contributed by atoms with E-state index in [0.717, 1.165) is 35.7 Å². The first kappa shape index (κ1) is 20.2. The third-order valence-corrected chi connectivity index (χ3v) is 6.34. The predicted molar refractivity (Wildman–Crippen MR) is 110 cm³/mol. The van der Waals surface area contributed by atoms with Crippen LogP contribution in [0.25, 0.3) is 0 Å². The average Bonchev–Trinajstić information content (AvgIpc) is 3.36. The second-order valence-corrected chi connectivity index (χ2v) is 8.56. The molecule has 4 nitrogen and oxygen atoms in total. The third kappa shape index (κ3) is 5.45. The zero-order valence-corrected chi connectivity index (χ0v) is 17.6. The van der Waals surface area contributed by atoms with E-state index >= 15 is 0 Å². The minimum atomic E-state index is 0.199. The molecule has 0 N–H and O–H groups in total. The molecule has 0 aliphatic heterocycles. The zero-order valence-electron chi connectivity index (χ0n) is 16.0. The Morgan fingerprint density at radius 3 is 2.70 bits per heavy atom. The van der Waals surface area contributed by atoms with Gasteiger partial charge in [0.1, 0.15) is 17.4 Å². The summed E-state index contributed by atoms with van der Waals surface area (Å²) in [4.78, 5) is 19.7. The van der Waals surface area contributed by atoms with Crippen molar-refractivity contribution < 1.29 is 9.53 Å². The molecule has 0 saturated heterocycles. The fraction of sp³-hybridized carbons (Fsp3) is 0.524. The van der Waals surface area contributed by atoms with E-state index in [1.165, 1.54) is 12.8 Å². The monoisotopic (exact) mass is 406 g/mol. The Balaban J connectivity index is 1.61. The quantitative estimate of drug-likeness (QED) is 0.565. The second-order valence-electron chi connectivity index (χ2n) is 7.18. The smallest absolute Gasteiger partial charge is 0.226 e. The normalized spacial score (nSPS) is 15.7. The minimum absolute atomic E-state index is 0.199. The molecule has 1 aromatic carbocycles. The van der Waals surface area contributed by atoms with Crippen molar-refractivity contribution in [3.63, 3.8) is 0 Å². The van der Waals surface area contributed by atoms with Gasteiger partial charge in [-0.25, -0.2) is 4.98 Å². The van der Waals surface area contributed by atoms with Gasteiger partial charge in [-0.15, -0.1) is 11.3 Å². The Morgan fingerprint density at radius 2 is 2.04 bits per heavy atom. The molecule has 0 unspecified atom stereocenters. The fourth-order valence-corrected chi connectivity index (χ4v) is 4.24. The van der Waals surface area contributed by atoms with E-state index in [9.17, 15) is 4.79 Å². The lowest BCUT2D eigenvalue weighted by atomic mass is 10.0. The molecular weight excluding hydrogens is 380 g/mol. The molecule has 6 heteroatoms. The van der Waals surface area contributed by atoms with Gasteiger partial charge in [0.25, 0.3) is 0 Å². The van der Waals surface area contributed by atoms with E-state index in [-0.39, 0.29) is 12.0 Å². The molecule has 0 bridgehead atoms. The Morgan fingerprint density at radius 1 is 1.33 bits per heavy atom. The highest BCUT2D eigenvalue weighted by molar-refractivity contribution is 7.09. The number of thiazole rings is 1. The first-order valence-corrected chi connectivity index (χ1v) is 10.9. The van der Waals surface area contributed by atoms with Gasteiger partial charge in [-0.2, -0.15) is 0 Å². The SMILES string of the molecule is CC[C@H](C)N(Cc1csc(COc2ccc(Cl)cc2)n1)C(=O)C1CCCC1. The van der Waals surface area contributed by atoms with Crippen LogP contribution in [0, 0.1) is 5.92 Å². The van der Waals surface area contributed by atoms with Crippen LogP contribution in [0.15, 0.2) is 29.6 Å². The topological polar surface area (TPSA) is 42.4 Å². The molecule has 3 rings (SSSR count). The van der Waals surface area contributed by atoms with Gasteiger partial charge in [-0.1, -0.05) is 31.4 Å². The average molecular weight is 407 g/mol. The summed E-state index contributed by atoms with van der Waals surface area (Å²) in [5.41, 5.74) is 0.946. The first-order valence-electron chi connectivity index (χ1n) is 9.69. The maximum Gasteiger partial charge on any atom is 0.226 e. The number of rotatable bonds is 8. The summed E-state index contributed by atoms with van der Waals surface area (Å²) in [6.45, 7) is 5.27. The van der Waals surface area contributed by atoms with Crippen molar-refractivity contribution in [1.82, 2.24) is 9.88 Å². The van der Waals surface area contributed by atoms with Gasteiger partial charge in [0.15, 0.2) is 0 Å². The maximum absolute atomic E-state index is 13.0. The molecule has 1 heterocycles. The number of hydrogen-bond donors (Lipinski definition) is 0. The van der Waals surface area contributed by atoms with E-state index in [1.54, 1.807) is 11.3 Å². The molecule has 146 valence electrons. The largest absolute Gasteiger partial charge is 0.486 e. The van der Waals surface area contributed by atoms with Crippen LogP contribution in [-0.4, -0.2) is 21.8 Å². The van der Waals surface area contributed by atoms with Crippen molar-refractivity contribution in [2.75, 3.05) is 0 Å². The highest BCUT2D eigenvalue weighted by Gasteiger charge is 2.29. The number of hydrogen-bond acceptors (Lipinski definition) is 4. The number of amides is 1. The molecule has 1 aromatic heterocycles. The van der Waals surface area contributed by atoms with Crippen LogP contribution in [0.5, 0.6) is 5.75 Å². The highest BCUT2D eigenvalue weighted by Crippen LogP contribution is 2.28. The molecular formula is C21H27ClN2O2S. The van der Waals surface area contributed by atoms with Gasteiger partial charge in [0.2, 0.25) is 5.91 Å². The standard InChI is InChI=1S/C21H27ClN2O2S/c1-3-15(2)24(21(25)16-6-4-5-7-16)12-18-14-27-20(23-18)13-26-19-10-8-17(22)9-11-19/h8-11,14-16H,3-7,12-13H2,1-2H3/t15-/m0/s1. The van der Waals surface area contributed by atoms with Crippen LogP contribution >= 0.6 is 22.9 Å². The van der Waals surface area contributed by atoms with Crippen molar-refractivity contribution in [3.05, 3.63) is 45.4 Å². The van der Waals surface area contributed by atoms with Gasteiger partial charge in [-0.3, -0.25) is 4.79 Å². The van der Waals surface area contributed by atoms with Crippen LogP contribution in [0.4, 0.5) is 0 Å². The van der Waals surface area contributed by atoms with Gasteiger partial charge in [0, 0.05) is 22.4 Å². The molecule has 1 aliphatic carbocycles. The lowest BCUT2D eigenvalue weighted by Gasteiger charge is -2.30. The fourth-order valence-electron chi connectivity index (χ4n) is 3.42. The van der Waals surface area contributed by atoms with Crippen LogP contribution in [-0.2, 0) is 17.9 Å². The van der Waals surface area contributed by atoms with E-state index in [4.69, 9.17) is 16.3 Å². The van der Waals surface area contributed by atoms with Crippen LogP contribution in [0.3, 0.4) is 0 Å². The predicted octanol–water partition coefficient (Wildman–Crippen LogP) is 5.69. The lowest BCUT2D eigenvalue weighted by molar-refractivity contribution is -0.138. The molecule has 0 spiro atoms. The Bertz CT molecular complexity index is 741. The van der Waals surface area contributed by atoms with Crippen molar-refractivity contribution >= 4 is 28.8 Å². The second kappa shape index (κ2) is 9.56. The number of carbonyl (C=O) groups excluding carboxylic acids is 1. The van der Waals surface area contributed by atoms with E-state index in [2.05, 4.69) is 18.8 Å². The molecule has 0 radical (unpaired) electrons. The van der Waals surface area contributed by atoms with Crippen LogP contribution in [0.1, 0.15) is 56.7 Å². The number of ether oxygens (including phenoxy) is 1. The van der Waals surface area contributed by atoms with Crippen LogP contribution < -0.4 is 4.74 Å². The van der Waals surface area contributed by atoms with Crippen molar-refractivity contribution in [2.45, 2.75) is 65.1 Å². The van der Waals surface area contributed by atoms with E-state index in [1.807, 2.05) is 34.5 Å². The summed E-state index contributed by atoms with van der Waals surface area (Å²) < 4.78 is 5.77. The highest BCUT2D eigenvalue weighted by atomic mass is 35.5. The minimum Gasteiger partial charge on any atom is -0.486 e. The Kier molecular flexibility index (Phi) is 7.13. The summed E-state index contributed by atoms with van der Waals surface area (Å²) in [5.74, 6) is 1.27. The molecule has 27 heavy (non-hydrogen) atoms. The van der Waals surface area contributed by atoms with Gasteiger partial charge in [-0.05, 0) is 50.5 Å². The lowest BCUT2D eigenvalue weighted by Crippen LogP contribution is -2.41. The summed E-state index contributed by atoms with van der Waals surface area (Å²) in [7, 11) is 0. The summed E-state index contributed by atoms with van der Waals surface area (Å²) in [6.07, 6.45) is 5.36. The molecule has 1 aliphatic rings. The van der Waals surface area contributed by atoms with Gasteiger partial charge >= 0.3 is 0 Å². The number of carbonyl (C=O) groups is 1. The first-order chi connectivity index (χ1) is 13.1. The number of nitrogens with zero attached hydrogens (tertiary/aromatic N) is 2. The number of benzene rings is 1. The Labute approximate surface area is 170 Å².